The largest absolute Gasteiger partial charge is 0.415 e. The van der Waals surface area contributed by atoms with Crippen LogP contribution in [-0.2, 0) is 0 Å². The van der Waals surface area contributed by atoms with Gasteiger partial charge in [0.25, 0.3) is 0 Å². The molecule has 2 unspecified atom stereocenters. The van der Waals surface area contributed by atoms with Crippen molar-refractivity contribution in [1.29, 1.82) is 0 Å². The first kappa shape index (κ1) is 15.9. The highest BCUT2D eigenvalue weighted by molar-refractivity contribution is 5.19. The molecule has 0 aliphatic rings. The zero-order valence-electron chi connectivity index (χ0n) is 10.2. The molecule has 2 atom stereocenters. The van der Waals surface area contributed by atoms with Gasteiger partial charge in [0.1, 0.15) is 5.82 Å². The van der Waals surface area contributed by atoms with Gasteiger partial charge in [0.2, 0.25) is 0 Å². The van der Waals surface area contributed by atoms with Crippen molar-refractivity contribution in [3.8, 4) is 0 Å². The number of hydrogen-bond donors (Lipinski definition) is 2. The van der Waals surface area contributed by atoms with Crippen molar-refractivity contribution in [2.75, 3.05) is 20.1 Å². The SMILES string of the molecule is CN(CC(O)c1ccccc1F)CC(O)C(F)(F)F. The Balaban J connectivity index is 2.58. The molecule has 3 nitrogen and oxygen atoms in total. The highest BCUT2D eigenvalue weighted by Gasteiger charge is 2.38. The number of rotatable bonds is 5. The van der Waals surface area contributed by atoms with Crippen molar-refractivity contribution in [3.63, 3.8) is 0 Å². The van der Waals surface area contributed by atoms with Gasteiger partial charge in [-0.25, -0.2) is 4.39 Å². The molecule has 1 rings (SSSR count). The fourth-order valence-corrected chi connectivity index (χ4v) is 1.61. The van der Waals surface area contributed by atoms with Gasteiger partial charge in [-0.1, -0.05) is 18.2 Å². The van der Waals surface area contributed by atoms with Gasteiger partial charge in [-0.05, 0) is 13.1 Å². The van der Waals surface area contributed by atoms with E-state index >= 15 is 0 Å². The Morgan fingerprint density at radius 3 is 2.26 bits per heavy atom. The summed E-state index contributed by atoms with van der Waals surface area (Å²) < 4.78 is 49.7. The molecule has 0 bridgehead atoms. The van der Waals surface area contributed by atoms with Crippen molar-refractivity contribution < 1.29 is 27.8 Å². The van der Waals surface area contributed by atoms with Crippen LogP contribution in [0.25, 0.3) is 0 Å². The maximum atomic E-state index is 13.3. The number of aliphatic hydroxyl groups excluding tert-OH is 2. The molecule has 0 spiro atoms. The summed E-state index contributed by atoms with van der Waals surface area (Å²) in [7, 11) is 1.30. The average molecular weight is 281 g/mol. The third-order valence-corrected chi connectivity index (χ3v) is 2.61. The van der Waals surface area contributed by atoms with E-state index < -0.39 is 30.7 Å². The monoisotopic (exact) mass is 281 g/mol. The van der Waals surface area contributed by atoms with E-state index in [4.69, 9.17) is 5.11 Å². The van der Waals surface area contributed by atoms with E-state index in [1.54, 1.807) is 0 Å². The smallest absolute Gasteiger partial charge is 0.387 e. The van der Waals surface area contributed by atoms with Crippen LogP contribution in [-0.4, -0.2) is 47.5 Å². The number of hydrogen-bond acceptors (Lipinski definition) is 3. The van der Waals surface area contributed by atoms with Gasteiger partial charge >= 0.3 is 6.18 Å². The molecule has 0 aliphatic carbocycles. The van der Waals surface area contributed by atoms with Crippen LogP contribution in [0, 0.1) is 5.82 Å². The third kappa shape index (κ3) is 4.77. The number of likely N-dealkylation sites (N-methyl/N-ethyl adjacent to an activating group) is 1. The molecule has 0 fully saturated rings. The lowest BCUT2D eigenvalue weighted by Gasteiger charge is -2.24. The highest BCUT2D eigenvalue weighted by atomic mass is 19.4. The number of halogens is 4. The molecular weight excluding hydrogens is 266 g/mol. The summed E-state index contributed by atoms with van der Waals surface area (Å²) >= 11 is 0. The maximum Gasteiger partial charge on any atom is 0.415 e. The van der Waals surface area contributed by atoms with Crippen molar-refractivity contribution >= 4 is 0 Å². The van der Waals surface area contributed by atoms with Crippen molar-refractivity contribution in [2.45, 2.75) is 18.4 Å². The Kier molecular flexibility index (Phi) is 5.28. The summed E-state index contributed by atoms with van der Waals surface area (Å²) in [6, 6.07) is 5.48. The zero-order valence-corrected chi connectivity index (χ0v) is 10.2. The normalized spacial score (nSPS) is 15.6. The standard InChI is InChI=1S/C12H15F4NO2/c1-17(7-11(19)12(14,15)16)6-10(18)8-4-2-3-5-9(8)13/h2-5,10-11,18-19H,6-7H2,1H3. The number of benzene rings is 1. The minimum Gasteiger partial charge on any atom is -0.387 e. The number of aliphatic hydroxyl groups is 2. The molecule has 19 heavy (non-hydrogen) atoms. The molecule has 0 radical (unpaired) electrons. The van der Waals surface area contributed by atoms with E-state index in [2.05, 4.69) is 0 Å². The van der Waals surface area contributed by atoms with E-state index in [1.807, 2.05) is 0 Å². The molecule has 0 aromatic heterocycles. The minimum atomic E-state index is -4.71. The summed E-state index contributed by atoms with van der Waals surface area (Å²) in [5.41, 5.74) is 0.0100. The molecule has 0 saturated carbocycles. The average Bonchev–Trinajstić information content (AvgIpc) is 2.27. The van der Waals surface area contributed by atoms with Crippen LogP contribution in [0.5, 0.6) is 0 Å². The molecule has 0 saturated heterocycles. The quantitative estimate of drug-likeness (QED) is 0.808. The molecule has 1 aromatic carbocycles. The summed E-state index contributed by atoms with van der Waals surface area (Å²) in [5, 5.41) is 18.6. The van der Waals surface area contributed by atoms with E-state index in [1.165, 1.54) is 25.2 Å². The van der Waals surface area contributed by atoms with Crippen molar-refractivity contribution in [1.82, 2.24) is 4.90 Å². The van der Waals surface area contributed by atoms with E-state index in [0.29, 0.717) is 0 Å². The van der Waals surface area contributed by atoms with Crippen LogP contribution >= 0.6 is 0 Å². The molecule has 2 N–H and O–H groups in total. The Morgan fingerprint density at radius 2 is 1.74 bits per heavy atom. The van der Waals surface area contributed by atoms with Gasteiger partial charge in [-0.15, -0.1) is 0 Å². The van der Waals surface area contributed by atoms with Crippen LogP contribution < -0.4 is 0 Å². The van der Waals surface area contributed by atoms with E-state index in [0.717, 1.165) is 11.0 Å². The second-order valence-corrected chi connectivity index (χ2v) is 4.32. The van der Waals surface area contributed by atoms with Gasteiger partial charge in [0, 0.05) is 18.7 Å². The fourth-order valence-electron chi connectivity index (χ4n) is 1.61. The zero-order chi connectivity index (χ0) is 14.6. The highest BCUT2D eigenvalue weighted by Crippen LogP contribution is 2.22. The molecule has 108 valence electrons. The molecule has 0 amide bonds. The Morgan fingerprint density at radius 1 is 1.16 bits per heavy atom. The van der Waals surface area contributed by atoms with Gasteiger partial charge in [-0.2, -0.15) is 13.2 Å². The first-order valence-corrected chi connectivity index (χ1v) is 5.57. The lowest BCUT2D eigenvalue weighted by atomic mass is 10.1. The third-order valence-electron chi connectivity index (χ3n) is 2.61. The second kappa shape index (κ2) is 6.31. The molecule has 0 aliphatic heterocycles. The van der Waals surface area contributed by atoms with Crippen LogP contribution in [0.2, 0.25) is 0 Å². The predicted molar refractivity (Wildman–Crippen MR) is 60.9 cm³/mol. The number of alkyl halides is 3. The Hall–Kier alpha value is -1.18. The fraction of sp³-hybridized carbons (Fsp3) is 0.500. The Labute approximate surface area is 108 Å². The summed E-state index contributed by atoms with van der Waals surface area (Å²) in [6.45, 7) is -0.900. The Bertz CT molecular complexity index is 411. The summed E-state index contributed by atoms with van der Waals surface area (Å²) in [4.78, 5) is 1.09. The predicted octanol–water partition coefficient (Wildman–Crippen LogP) is 1.71. The van der Waals surface area contributed by atoms with Crippen LogP contribution in [0.1, 0.15) is 11.7 Å². The lowest BCUT2D eigenvalue weighted by Crippen LogP contribution is -2.40. The summed E-state index contributed by atoms with van der Waals surface area (Å²) in [5.74, 6) is -0.625. The van der Waals surface area contributed by atoms with Crippen LogP contribution in [0.4, 0.5) is 17.6 Å². The van der Waals surface area contributed by atoms with Gasteiger partial charge in [0.15, 0.2) is 6.10 Å². The van der Waals surface area contributed by atoms with Crippen LogP contribution in [0.3, 0.4) is 0 Å². The van der Waals surface area contributed by atoms with Crippen molar-refractivity contribution in [2.24, 2.45) is 0 Å². The van der Waals surface area contributed by atoms with E-state index in [9.17, 15) is 22.7 Å². The molecule has 0 heterocycles. The number of nitrogens with zero attached hydrogens (tertiary/aromatic N) is 1. The van der Waals surface area contributed by atoms with E-state index in [-0.39, 0.29) is 12.1 Å². The summed E-state index contributed by atoms with van der Waals surface area (Å²) in [6.07, 6.45) is -8.46. The minimum absolute atomic E-state index is 0.0100. The first-order valence-electron chi connectivity index (χ1n) is 5.57. The molecule has 7 heteroatoms. The maximum absolute atomic E-state index is 13.3. The molecule has 1 aromatic rings. The van der Waals surface area contributed by atoms with Gasteiger partial charge in [-0.3, -0.25) is 0 Å². The topological polar surface area (TPSA) is 43.7 Å². The van der Waals surface area contributed by atoms with Crippen molar-refractivity contribution in [3.05, 3.63) is 35.6 Å². The van der Waals surface area contributed by atoms with Gasteiger partial charge < -0.3 is 15.1 Å². The first-order chi connectivity index (χ1) is 8.71. The molecular formula is C12H15F4NO2. The second-order valence-electron chi connectivity index (χ2n) is 4.32. The lowest BCUT2D eigenvalue weighted by molar-refractivity contribution is -0.207. The van der Waals surface area contributed by atoms with Gasteiger partial charge in [0.05, 0.1) is 6.10 Å². The van der Waals surface area contributed by atoms with Crippen LogP contribution in [0.15, 0.2) is 24.3 Å².